The van der Waals surface area contributed by atoms with Crippen molar-refractivity contribution >= 4 is 11.6 Å². The third-order valence-corrected chi connectivity index (χ3v) is 4.62. The Balaban J connectivity index is 1.60. The second-order valence-corrected chi connectivity index (χ2v) is 6.82. The first-order valence-electron chi connectivity index (χ1n) is 8.26. The highest BCUT2D eigenvalue weighted by atomic mass is 35.5. The van der Waals surface area contributed by atoms with Gasteiger partial charge in [0.1, 0.15) is 11.9 Å². The highest BCUT2D eigenvalue weighted by Gasteiger charge is 2.23. The van der Waals surface area contributed by atoms with Crippen LogP contribution < -0.4 is 18.9 Å². The Morgan fingerprint density at radius 1 is 1.20 bits per heavy atom. The van der Waals surface area contributed by atoms with E-state index in [4.69, 9.17) is 30.5 Å². The Hall–Kier alpha value is -2.11. The molecule has 2 aromatic rings. The molecule has 2 heterocycles. The molecule has 132 valence electrons. The van der Waals surface area contributed by atoms with E-state index in [0.29, 0.717) is 11.5 Å². The normalized spacial score (nSPS) is 19.1. The first-order valence-corrected chi connectivity index (χ1v) is 8.64. The number of methoxy groups -OCH3 is 1. The number of nitrogens with zero attached hydrogens (tertiary/aromatic N) is 1. The molecule has 0 bridgehead atoms. The third-order valence-electron chi connectivity index (χ3n) is 4.38. The molecule has 4 rings (SSSR count). The zero-order valence-electron chi connectivity index (χ0n) is 14.3. The van der Waals surface area contributed by atoms with E-state index in [9.17, 15) is 0 Å². The maximum atomic E-state index is 6.16. The number of fused-ring (bicyclic) bond motifs is 2. The number of halogens is 1. The average molecular weight is 362 g/mol. The Kier molecular flexibility index (Phi) is 4.36. The molecule has 0 N–H and O–H groups in total. The number of rotatable bonds is 3. The van der Waals surface area contributed by atoms with E-state index in [1.807, 2.05) is 30.3 Å². The fourth-order valence-electron chi connectivity index (χ4n) is 3.36. The lowest BCUT2D eigenvalue weighted by Crippen LogP contribution is -2.30. The van der Waals surface area contributed by atoms with Gasteiger partial charge >= 0.3 is 0 Å². The van der Waals surface area contributed by atoms with E-state index in [1.54, 1.807) is 7.11 Å². The van der Waals surface area contributed by atoms with Crippen LogP contribution in [0.15, 0.2) is 30.3 Å². The molecule has 2 aliphatic rings. The van der Waals surface area contributed by atoms with Crippen molar-refractivity contribution in [3.05, 3.63) is 46.5 Å². The van der Waals surface area contributed by atoms with Gasteiger partial charge in [-0.15, -0.1) is 0 Å². The molecule has 0 aliphatic carbocycles. The van der Waals surface area contributed by atoms with Crippen molar-refractivity contribution in [3.8, 4) is 23.0 Å². The quantitative estimate of drug-likeness (QED) is 0.830. The molecule has 1 unspecified atom stereocenters. The van der Waals surface area contributed by atoms with Crippen LogP contribution in [0.2, 0.25) is 5.02 Å². The first-order chi connectivity index (χ1) is 12.1. The lowest BCUT2D eigenvalue weighted by molar-refractivity contribution is 0.156. The van der Waals surface area contributed by atoms with Gasteiger partial charge in [0.15, 0.2) is 11.5 Å². The lowest BCUT2D eigenvalue weighted by Gasteiger charge is -2.22. The van der Waals surface area contributed by atoms with Gasteiger partial charge in [0.05, 0.1) is 7.11 Å². The molecule has 0 fully saturated rings. The number of ether oxygens (including phenoxy) is 4. The minimum absolute atomic E-state index is 0.0957. The Morgan fingerprint density at radius 3 is 2.92 bits per heavy atom. The van der Waals surface area contributed by atoms with E-state index in [-0.39, 0.29) is 12.9 Å². The van der Waals surface area contributed by atoms with Crippen molar-refractivity contribution < 1.29 is 18.9 Å². The smallest absolute Gasteiger partial charge is 0.231 e. The molecule has 1 atom stereocenters. The van der Waals surface area contributed by atoms with Crippen molar-refractivity contribution in [1.82, 2.24) is 4.90 Å². The van der Waals surface area contributed by atoms with Crippen LogP contribution in [-0.2, 0) is 13.1 Å². The first kappa shape index (κ1) is 16.4. The summed E-state index contributed by atoms with van der Waals surface area (Å²) < 4.78 is 22.5. The minimum Gasteiger partial charge on any atom is -0.493 e. The summed E-state index contributed by atoms with van der Waals surface area (Å²) in [5.41, 5.74) is 2.21. The molecule has 2 aliphatic heterocycles. The molecule has 0 aromatic heterocycles. The molecular formula is C19H20ClNO4. The van der Waals surface area contributed by atoms with Gasteiger partial charge in [0, 0.05) is 30.2 Å². The standard InChI is InChI=1S/C19H20ClNO4/c1-12-8-21(10-14-7-15(20)3-4-16(14)25-12)9-13-5-17(22-2)19-18(6-13)23-11-24-19/h3-7,12H,8-11H2,1-2H3. The highest BCUT2D eigenvalue weighted by molar-refractivity contribution is 6.30. The summed E-state index contributed by atoms with van der Waals surface area (Å²) in [5.74, 6) is 3.02. The Labute approximate surface area is 152 Å². The molecule has 5 nitrogen and oxygen atoms in total. The fourth-order valence-corrected chi connectivity index (χ4v) is 3.56. The maximum absolute atomic E-state index is 6.16. The summed E-state index contributed by atoms with van der Waals surface area (Å²) in [7, 11) is 1.64. The predicted molar refractivity (Wildman–Crippen MR) is 94.8 cm³/mol. The van der Waals surface area contributed by atoms with Gasteiger partial charge in [-0.3, -0.25) is 4.90 Å². The van der Waals surface area contributed by atoms with E-state index in [0.717, 1.165) is 47.3 Å². The van der Waals surface area contributed by atoms with Crippen LogP contribution >= 0.6 is 11.6 Å². The van der Waals surface area contributed by atoms with Crippen LogP contribution in [0.4, 0.5) is 0 Å². The van der Waals surface area contributed by atoms with Gasteiger partial charge in [0.25, 0.3) is 0 Å². The van der Waals surface area contributed by atoms with Gasteiger partial charge in [-0.1, -0.05) is 11.6 Å². The van der Waals surface area contributed by atoms with Crippen LogP contribution in [0, 0.1) is 0 Å². The van der Waals surface area contributed by atoms with E-state index < -0.39 is 0 Å². The van der Waals surface area contributed by atoms with Gasteiger partial charge < -0.3 is 18.9 Å². The lowest BCUT2D eigenvalue weighted by atomic mass is 10.1. The van der Waals surface area contributed by atoms with Crippen molar-refractivity contribution in [1.29, 1.82) is 0 Å². The summed E-state index contributed by atoms with van der Waals surface area (Å²) >= 11 is 6.16. The molecular weight excluding hydrogens is 342 g/mol. The fraction of sp³-hybridized carbons (Fsp3) is 0.368. The third kappa shape index (κ3) is 3.34. The summed E-state index contributed by atoms with van der Waals surface area (Å²) in [6, 6.07) is 9.80. The topological polar surface area (TPSA) is 40.2 Å². The van der Waals surface area contributed by atoms with E-state index in [1.165, 1.54) is 0 Å². The Bertz CT molecular complexity index is 795. The summed E-state index contributed by atoms with van der Waals surface area (Å²) in [4.78, 5) is 2.34. The van der Waals surface area contributed by atoms with Gasteiger partial charge in [-0.2, -0.15) is 0 Å². The van der Waals surface area contributed by atoms with E-state index in [2.05, 4.69) is 11.8 Å². The van der Waals surface area contributed by atoms with Crippen LogP contribution in [0.25, 0.3) is 0 Å². The summed E-state index contributed by atoms with van der Waals surface area (Å²) in [6.07, 6.45) is 0.0957. The molecule has 0 saturated carbocycles. The number of hydrogen-bond acceptors (Lipinski definition) is 5. The van der Waals surface area contributed by atoms with Crippen LogP contribution in [0.3, 0.4) is 0 Å². The second-order valence-electron chi connectivity index (χ2n) is 6.38. The average Bonchev–Trinajstić information content (AvgIpc) is 2.98. The number of hydrogen-bond donors (Lipinski definition) is 0. The minimum atomic E-state index is 0.0957. The monoisotopic (exact) mass is 361 g/mol. The molecule has 6 heteroatoms. The molecule has 2 aromatic carbocycles. The summed E-state index contributed by atoms with van der Waals surface area (Å²) in [5, 5.41) is 0.724. The van der Waals surface area contributed by atoms with Crippen molar-refractivity contribution in [2.24, 2.45) is 0 Å². The molecule has 25 heavy (non-hydrogen) atoms. The largest absolute Gasteiger partial charge is 0.493 e. The molecule has 0 saturated heterocycles. The summed E-state index contributed by atoms with van der Waals surface area (Å²) in [6.45, 7) is 4.67. The van der Waals surface area contributed by atoms with Crippen LogP contribution in [0.5, 0.6) is 23.0 Å². The van der Waals surface area contributed by atoms with Crippen molar-refractivity contribution in [2.75, 3.05) is 20.4 Å². The van der Waals surface area contributed by atoms with E-state index >= 15 is 0 Å². The highest BCUT2D eigenvalue weighted by Crippen LogP contribution is 2.42. The maximum Gasteiger partial charge on any atom is 0.231 e. The molecule has 0 radical (unpaired) electrons. The zero-order chi connectivity index (χ0) is 17.4. The zero-order valence-corrected chi connectivity index (χ0v) is 15.0. The molecule has 0 spiro atoms. The molecule has 0 amide bonds. The predicted octanol–water partition coefficient (Wildman–Crippen LogP) is 3.86. The Morgan fingerprint density at radius 2 is 2.08 bits per heavy atom. The van der Waals surface area contributed by atoms with Crippen molar-refractivity contribution in [3.63, 3.8) is 0 Å². The van der Waals surface area contributed by atoms with Gasteiger partial charge in [-0.05, 0) is 42.8 Å². The van der Waals surface area contributed by atoms with Crippen molar-refractivity contribution in [2.45, 2.75) is 26.1 Å². The second kappa shape index (κ2) is 6.65. The van der Waals surface area contributed by atoms with Crippen LogP contribution in [-0.4, -0.2) is 31.5 Å². The van der Waals surface area contributed by atoms with Crippen LogP contribution in [0.1, 0.15) is 18.1 Å². The number of benzene rings is 2. The van der Waals surface area contributed by atoms with Gasteiger partial charge in [-0.25, -0.2) is 0 Å². The van der Waals surface area contributed by atoms with Gasteiger partial charge in [0.2, 0.25) is 12.5 Å². The SMILES string of the molecule is COc1cc(CN2Cc3cc(Cl)ccc3OC(C)C2)cc2c1OCO2.